The lowest BCUT2D eigenvalue weighted by molar-refractivity contribution is -0.394. The molecule has 0 spiro atoms. The van der Waals surface area contributed by atoms with E-state index in [0.29, 0.717) is 21.8 Å². The molecule has 1 N–H and O–H groups in total. The van der Waals surface area contributed by atoms with Gasteiger partial charge in [-0.2, -0.15) is 5.26 Å². The van der Waals surface area contributed by atoms with Gasteiger partial charge in [-0.05, 0) is 54.5 Å². The monoisotopic (exact) mass is 478 g/mol. The van der Waals surface area contributed by atoms with Gasteiger partial charge in [0.15, 0.2) is 0 Å². The Morgan fingerprint density at radius 3 is 2.41 bits per heavy atom. The highest BCUT2D eigenvalue weighted by molar-refractivity contribution is 6.31. The summed E-state index contributed by atoms with van der Waals surface area (Å²) in [4.78, 5) is 33.1. The summed E-state index contributed by atoms with van der Waals surface area (Å²) >= 11 is 6.05. The zero-order chi connectivity index (χ0) is 24.8. The summed E-state index contributed by atoms with van der Waals surface area (Å²) in [5, 5.41) is 34.6. The predicted molar refractivity (Wildman–Crippen MR) is 125 cm³/mol. The van der Waals surface area contributed by atoms with E-state index in [1.54, 1.807) is 37.3 Å². The fraction of sp³-hybridized carbons (Fsp3) is 0.0435. The summed E-state index contributed by atoms with van der Waals surface area (Å²) in [6.07, 6.45) is 1.37. The van der Waals surface area contributed by atoms with E-state index in [9.17, 15) is 30.3 Å². The number of nitro benzene ring substituents is 2. The molecule has 3 rings (SSSR count). The number of nitro groups is 2. The van der Waals surface area contributed by atoms with Crippen LogP contribution in [0.2, 0.25) is 5.02 Å². The largest absolute Gasteiger partial charge is 0.450 e. The maximum absolute atomic E-state index is 12.5. The standard InChI is InChI=1S/C23H15ClN4O6/c1-14-19(24)3-2-4-20(14)26-23(29)16(13-25)11-15-5-8-18(9-6-15)34-22-10-7-17(27(30)31)12-21(22)28(32)33/h2-12H,1H3,(H,26,29)/b16-11-. The average Bonchev–Trinajstić information content (AvgIpc) is 2.81. The van der Waals surface area contributed by atoms with Crippen molar-refractivity contribution < 1.29 is 19.4 Å². The number of anilines is 1. The maximum Gasteiger partial charge on any atom is 0.318 e. The van der Waals surface area contributed by atoms with Crippen molar-refractivity contribution in [2.75, 3.05) is 5.32 Å². The number of nitrogens with zero attached hydrogens (tertiary/aromatic N) is 3. The summed E-state index contributed by atoms with van der Waals surface area (Å²) in [5.74, 6) is -0.575. The molecule has 0 saturated heterocycles. The van der Waals surface area contributed by atoms with E-state index in [-0.39, 0.29) is 17.1 Å². The molecule has 3 aromatic carbocycles. The van der Waals surface area contributed by atoms with Crippen LogP contribution in [0.15, 0.2) is 66.2 Å². The first-order valence-electron chi connectivity index (χ1n) is 9.58. The van der Waals surface area contributed by atoms with Crippen LogP contribution < -0.4 is 10.1 Å². The molecule has 1 amide bonds. The lowest BCUT2D eigenvalue weighted by Crippen LogP contribution is -2.14. The second kappa shape index (κ2) is 10.2. The molecule has 0 fully saturated rings. The molecule has 0 heterocycles. The zero-order valence-corrected chi connectivity index (χ0v) is 18.3. The second-order valence-electron chi connectivity index (χ2n) is 6.87. The van der Waals surface area contributed by atoms with Gasteiger partial charge in [-0.1, -0.05) is 29.8 Å². The number of non-ortho nitro benzene ring substituents is 1. The number of rotatable bonds is 7. The average molecular weight is 479 g/mol. The topological polar surface area (TPSA) is 148 Å². The lowest BCUT2D eigenvalue weighted by atomic mass is 10.1. The maximum atomic E-state index is 12.5. The fourth-order valence-electron chi connectivity index (χ4n) is 2.86. The third-order valence-electron chi connectivity index (χ3n) is 4.65. The van der Waals surface area contributed by atoms with E-state index in [2.05, 4.69) is 5.32 Å². The van der Waals surface area contributed by atoms with E-state index in [1.807, 2.05) is 6.07 Å². The SMILES string of the molecule is Cc1c(Cl)cccc1NC(=O)/C(C#N)=C\c1ccc(Oc2ccc([N+](=O)[O-])cc2[N+](=O)[O-])cc1. The Labute approximate surface area is 198 Å². The van der Waals surface area contributed by atoms with Crippen molar-refractivity contribution in [3.63, 3.8) is 0 Å². The van der Waals surface area contributed by atoms with Crippen LogP contribution in [0.4, 0.5) is 17.1 Å². The highest BCUT2D eigenvalue weighted by atomic mass is 35.5. The van der Waals surface area contributed by atoms with Crippen LogP contribution in [0.1, 0.15) is 11.1 Å². The van der Waals surface area contributed by atoms with Gasteiger partial charge in [-0.3, -0.25) is 25.0 Å². The zero-order valence-electron chi connectivity index (χ0n) is 17.5. The number of nitrogens with one attached hydrogen (secondary N) is 1. The van der Waals surface area contributed by atoms with E-state index >= 15 is 0 Å². The first-order chi connectivity index (χ1) is 16.2. The first kappa shape index (κ1) is 23.9. The number of halogens is 1. The minimum Gasteiger partial charge on any atom is -0.450 e. The second-order valence-corrected chi connectivity index (χ2v) is 7.28. The molecule has 11 heteroatoms. The number of carbonyl (C=O) groups excluding carboxylic acids is 1. The van der Waals surface area contributed by atoms with Gasteiger partial charge in [0.05, 0.1) is 15.9 Å². The van der Waals surface area contributed by atoms with Gasteiger partial charge in [-0.15, -0.1) is 0 Å². The summed E-state index contributed by atoms with van der Waals surface area (Å²) in [6, 6.07) is 16.0. The minimum absolute atomic E-state index is 0.154. The van der Waals surface area contributed by atoms with Gasteiger partial charge >= 0.3 is 5.69 Å². The first-order valence-corrected chi connectivity index (χ1v) is 9.96. The number of benzene rings is 3. The normalized spacial score (nSPS) is 10.8. The Morgan fingerprint density at radius 1 is 1.09 bits per heavy atom. The van der Waals surface area contributed by atoms with Crippen LogP contribution in [0, 0.1) is 38.5 Å². The third-order valence-corrected chi connectivity index (χ3v) is 5.06. The van der Waals surface area contributed by atoms with Crippen molar-refractivity contribution >= 4 is 40.6 Å². The molecule has 170 valence electrons. The number of carbonyl (C=O) groups is 1. The molecule has 0 radical (unpaired) electrons. The van der Waals surface area contributed by atoms with Crippen LogP contribution in [-0.4, -0.2) is 15.8 Å². The lowest BCUT2D eigenvalue weighted by Gasteiger charge is -2.09. The molecule has 0 aromatic heterocycles. The Morgan fingerprint density at radius 2 is 1.79 bits per heavy atom. The highest BCUT2D eigenvalue weighted by Crippen LogP contribution is 2.34. The van der Waals surface area contributed by atoms with Crippen LogP contribution in [0.25, 0.3) is 6.08 Å². The van der Waals surface area contributed by atoms with E-state index < -0.39 is 27.1 Å². The molecular formula is C23H15ClN4O6. The van der Waals surface area contributed by atoms with Crippen molar-refractivity contribution in [3.05, 3.63) is 103 Å². The Hall–Kier alpha value is -4.75. The highest BCUT2D eigenvalue weighted by Gasteiger charge is 2.21. The van der Waals surface area contributed by atoms with Crippen LogP contribution in [-0.2, 0) is 4.79 Å². The minimum atomic E-state index is -0.779. The molecule has 0 atom stereocenters. The van der Waals surface area contributed by atoms with Gasteiger partial charge in [0.1, 0.15) is 17.4 Å². The third kappa shape index (κ3) is 5.53. The molecule has 0 bridgehead atoms. The smallest absolute Gasteiger partial charge is 0.318 e. The van der Waals surface area contributed by atoms with Crippen molar-refractivity contribution in [3.8, 4) is 17.6 Å². The molecule has 0 unspecified atom stereocenters. The molecule has 0 aliphatic heterocycles. The van der Waals surface area contributed by atoms with Crippen molar-refractivity contribution in [1.82, 2.24) is 0 Å². The van der Waals surface area contributed by atoms with Gasteiger partial charge in [0.25, 0.3) is 11.6 Å². The number of amides is 1. The van der Waals surface area contributed by atoms with Crippen LogP contribution in [0.5, 0.6) is 11.5 Å². The number of nitriles is 1. The molecule has 0 aliphatic carbocycles. The van der Waals surface area contributed by atoms with Crippen molar-refractivity contribution in [2.45, 2.75) is 6.92 Å². The predicted octanol–water partition coefficient (Wildman–Crippen LogP) is 5.80. The van der Waals surface area contributed by atoms with E-state index in [1.165, 1.54) is 18.2 Å². The van der Waals surface area contributed by atoms with Gasteiger partial charge < -0.3 is 10.1 Å². The van der Waals surface area contributed by atoms with Crippen LogP contribution >= 0.6 is 11.6 Å². The van der Waals surface area contributed by atoms with Gasteiger partial charge in [-0.25, -0.2) is 0 Å². The molecule has 0 aliphatic rings. The summed E-state index contributed by atoms with van der Waals surface area (Å²) in [6.45, 7) is 1.74. The van der Waals surface area contributed by atoms with E-state index in [4.69, 9.17) is 16.3 Å². The van der Waals surface area contributed by atoms with E-state index in [0.717, 1.165) is 18.2 Å². The molecule has 3 aromatic rings. The fourth-order valence-corrected chi connectivity index (χ4v) is 3.03. The Kier molecular flexibility index (Phi) is 7.20. The number of hydrogen-bond donors (Lipinski definition) is 1. The van der Waals surface area contributed by atoms with Gasteiger partial charge in [0, 0.05) is 16.8 Å². The molecule has 34 heavy (non-hydrogen) atoms. The summed E-state index contributed by atoms with van der Waals surface area (Å²) < 4.78 is 5.50. The summed E-state index contributed by atoms with van der Waals surface area (Å²) in [7, 11) is 0. The Bertz CT molecular complexity index is 1360. The summed E-state index contributed by atoms with van der Waals surface area (Å²) in [5.41, 5.74) is 0.496. The quantitative estimate of drug-likeness (QED) is 0.195. The number of hydrogen-bond acceptors (Lipinski definition) is 7. The Balaban J connectivity index is 1.79. The molecule has 10 nitrogen and oxygen atoms in total. The van der Waals surface area contributed by atoms with Gasteiger partial charge in [0.2, 0.25) is 5.75 Å². The molecular weight excluding hydrogens is 464 g/mol. The van der Waals surface area contributed by atoms with Crippen molar-refractivity contribution in [2.24, 2.45) is 0 Å². The van der Waals surface area contributed by atoms with Crippen molar-refractivity contribution in [1.29, 1.82) is 5.26 Å². The molecule has 0 saturated carbocycles. The number of ether oxygens (including phenoxy) is 1. The van der Waals surface area contributed by atoms with Crippen LogP contribution in [0.3, 0.4) is 0 Å².